The Kier molecular flexibility index (Phi) is 5.73. The third-order valence-electron chi connectivity index (χ3n) is 3.63. The van der Waals surface area contributed by atoms with Gasteiger partial charge in [-0.3, -0.25) is 0 Å². The summed E-state index contributed by atoms with van der Waals surface area (Å²) in [5.74, 6) is 2.85. The molecule has 1 saturated heterocycles. The van der Waals surface area contributed by atoms with Crippen LogP contribution in [0, 0.1) is 0 Å². The quantitative estimate of drug-likeness (QED) is 0.902. The summed E-state index contributed by atoms with van der Waals surface area (Å²) in [6, 6.07) is 4.51. The highest BCUT2D eigenvalue weighted by Gasteiger charge is 2.19. The van der Waals surface area contributed by atoms with Crippen molar-refractivity contribution in [1.82, 2.24) is 10.3 Å². The van der Waals surface area contributed by atoms with Crippen molar-refractivity contribution >= 4 is 17.6 Å². The van der Waals surface area contributed by atoms with Crippen LogP contribution in [-0.4, -0.2) is 35.6 Å². The van der Waals surface area contributed by atoms with Crippen molar-refractivity contribution < 1.29 is 0 Å². The van der Waals surface area contributed by atoms with Gasteiger partial charge in [0.05, 0.1) is 0 Å². The number of nitrogens with zero attached hydrogens (tertiary/aromatic N) is 2. The Labute approximate surface area is 127 Å². The molecule has 1 N–H and O–H groups in total. The van der Waals surface area contributed by atoms with E-state index in [1.54, 1.807) is 0 Å². The lowest BCUT2D eigenvalue weighted by Gasteiger charge is -2.32. The van der Waals surface area contributed by atoms with Crippen molar-refractivity contribution in [3.05, 3.63) is 23.4 Å². The average Bonchev–Trinajstić information content (AvgIpc) is 2.44. The van der Waals surface area contributed by atoms with Crippen LogP contribution in [0.1, 0.15) is 44.9 Å². The molecule has 0 aliphatic carbocycles. The molecular weight excluding hydrogens is 266 g/mol. The molecule has 1 aliphatic rings. The molecule has 0 spiro atoms. The Morgan fingerprint density at radius 3 is 2.90 bits per heavy atom. The lowest BCUT2D eigenvalue weighted by atomic mass is 10.1. The van der Waals surface area contributed by atoms with E-state index in [1.807, 2.05) is 0 Å². The molecule has 0 aromatic carbocycles. The van der Waals surface area contributed by atoms with Crippen LogP contribution in [-0.2, 0) is 6.54 Å². The summed E-state index contributed by atoms with van der Waals surface area (Å²) in [4.78, 5) is 7.33. The van der Waals surface area contributed by atoms with E-state index in [2.05, 4.69) is 61.8 Å². The van der Waals surface area contributed by atoms with Crippen molar-refractivity contribution in [3.8, 4) is 0 Å². The fourth-order valence-corrected chi connectivity index (χ4v) is 3.46. The summed E-state index contributed by atoms with van der Waals surface area (Å²) in [5.41, 5.74) is 2.56. The predicted molar refractivity (Wildman–Crippen MR) is 89.8 cm³/mol. The topological polar surface area (TPSA) is 28.2 Å². The summed E-state index contributed by atoms with van der Waals surface area (Å²) >= 11 is 2.06. The second-order valence-corrected chi connectivity index (χ2v) is 7.37. The first kappa shape index (κ1) is 15.6. The van der Waals surface area contributed by atoms with Crippen LogP contribution < -0.4 is 10.2 Å². The minimum atomic E-state index is 0.479. The molecule has 1 fully saturated rings. The molecule has 0 saturated carbocycles. The number of rotatable bonds is 5. The SMILES string of the molecule is CCNCc1cc(C(C)C)nc(N2CCSC(C)C2)c1. The normalized spacial score (nSPS) is 19.6. The number of hydrogen-bond acceptors (Lipinski definition) is 4. The van der Waals surface area contributed by atoms with Crippen LogP contribution in [0.2, 0.25) is 0 Å². The highest BCUT2D eigenvalue weighted by molar-refractivity contribution is 8.00. The van der Waals surface area contributed by atoms with Gasteiger partial charge >= 0.3 is 0 Å². The highest BCUT2D eigenvalue weighted by atomic mass is 32.2. The molecule has 1 aromatic heterocycles. The number of aromatic nitrogens is 1. The third kappa shape index (κ3) is 4.13. The second-order valence-electron chi connectivity index (χ2n) is 5.82. The molecule has 1 aliphatic heterocycles. The van der Waals surface area contributed by atoms with Crippen molar-refractivity contribution in [1.29, 1.82) is 0 Å². The molecule has 0 bridgehead atoms. The summed E-state index contributed by atoms with van der Waals surface area (Å²) in [6.07, 6.45) is 0. The van der Waals surface area contributed by atoms with E-state index >= 15 is 0 Å². The van der Waals surface area contributed by atoms with Gasteiger partial charge in [0.15, 0.2) is 0 Å². The summed E-state index contributed by atoms with van der Waals surface area (Å²) in [6.45, 7) is 13.1. The molecule has 112 valence electrons. The Hall–Kier alpha value is -0.740. The maximum absolute atomic E-state index is 4.89. The maximum atomic E-state index is 4.89. The Balaban J connectivity index is 2.23. The zero-order valence-corrected chi connectivity index (χ0v) is 14.0. The Bertz CT molecular complexity index is 434. The number of nitrogens with one attached hydrogen (secondary N) is 1. The van der Waals surface area contributed by atoms with Gasteiger partial charge in [0.1, 0.15) is 5.82 Å². The maximum Gasteiger partial charge on any atom is 0.129 e. The number of pyridine rings is 1. The standard InChI is InChI=1S/C16H27N3S/c1-5-17-10-14-8-15(12(2)3)18-16(9-14)19-6-7-20-13(4)11-19/h8-9,12-13,17H,5-7,10-11H2,1-4H3. The molecule has 2 rings (SSSR count). The van der Waals surface area contributed by atoms with Gasteiger partial charge in [0.25, 0.3) is 0 Å². The van der Waals surface area contributed by atoms with Crippen molar-refractivity contribution in [3.63, 3.8) is 0 Å². The molecule has 0 radical (unpaired) electrons. The van der Waals surface area contributed by atoms with Gasteiger partial charge in [0, 0.05) is 36.3 Å². The number of thioether (sulfide) groups is 1. The van der Waals surface area contributed by atoms with E-state index in [4.69, 9.17) is 4.98 Å². The highest BCUT2D eigenvalue weighted by Crippen LogP contribution is 2.25. The van der Waals surface area contributed by atoms with E-state index < -0.39 is 0 Å². The monoisotopic (exact) mass is 293 g/mol. The largest absolute Gasteiger partial charge is 0.355 e. The van der Waals surface area contributed by atoms with Crippen molar-refractivity contribution in [2.24, 2.45) is 0 Å². The van der Waals surface area contributed by atoms with Crippen LogP contribution in [0.25, 0.3) is 0 Å². The fraction of sp³-hybridized carbons (Fsp3) is 0.688. The van der Waals surface area contributed by atoms with E-state index in [1.165, 1.54) is 17.0 Å². The first-order valence-corrected chi connectivity index (χ1v) is 8.73. The van der Waals surface area contributed by atoms with Gasteiger partial charge < -0.3 is 10.2 Å². The van der Waals surface area contributed by atoms with Crippen molar-refractivity contribution in [2.45, 2.75) is 45.4 Å². The zero-order chi connectivity index (χ0) is 14.5. The Morgan fingerprint density at radius 2 is 2.25 bits per heavy atom. The number of hydrogen-bond donors (Lipinski definition) is 1. The average molecular weight is 293 g/mol. The third-order valence-corrected chi connectivity index (χ3v) is 4.76. The fourth-order valence-electron chi connectivity index (χ4n) is 2.45. The molecule has 3 nitrogen and oxygen atoms in total. The molecule has 1 aromatic rings. The summed E-state index contributed by atoms with van der Waals surface area (Å²) < 4.78 is 0. The molecule has 1 unspecified atom stereocenters. The molecule has 0 amide bonds. The first-order chi connectivity index (χ1) is 9.60. The molecular formula is C16H27N3S. The van der Waals surface area contributed by atoms with E-state index in [-0.39, 0.29) is 0 Å². The minimum absolute atomic E-state index is 0.479. The zero-order valence-electron chi connectivity index (χ0n) is 13.1. The lowest BCUT2D eigenvalue weighted by Crippen LogP contribution is -2.37. The minimum Gasteiger partial charge on any atom is -0.355 e. The predicted octanol–water partition coefficient (Wildman–Crippen LogP) is 3.26. The molecule has 1 atom stereocenters. The van der Waals surface area contributed by atoms with Crippen LogP contribution in [0.4, 0.5) is 5.82 Å². The van der Waals surface area contributed by atoms with Crippen LogP contribution in [0.5, 0.6) is 0 Å². The summed E-state index contributed by atoms with van der Waals surface area (Å²) in [5, 5.41) is 4.12. The van der Waals surface area contributed by atoms with Gasteiger partial charge in [-0.1, -0.05) is 27.7 Å². The molecule has 4 heteroatoms. The van der Waals surface area contributed by atoms with Gasteiger partial charge in [-0.25, -0.2) is 4.98 Å². The van der Waals surface area contributed by atoms with E-state index in [9.17, 15) is 0 Å². The first-order valence-electron chi connectivity index (χ1n) is 7.68. The van der Waals surface area contributed by atoms with E-state index in [0.717, 1.165) is 32.0 Å². The smallest absolute Gasteiger partial charge is 0.129 e. The van der Waals surface area contributed by atoms with E-state index in [0.29, 0.717) is 11.2 Å². The van der Waals surface area contributed by atoms with Crippen LogP contribution in [0.15, 0.2) is 12.1 Å². The van der Waals surface area contributed by atoms with Gasteiger partial charge in [0.2, 0.25) is 0 Å². The summed E-state index contributed by atoms with van der Waals surface area (Å²) in [7, 11) is 0. The van der Waals surface area contributed by atoms with Gasteiger partial charge in [-0.15, -0.1) is 0 Å². The Morgan fingerprint density at radius 1 is 1.45 bits per heavy atom. The van der Waals surface area contributed by atoms with Gasteiger partial charge in [-0.2, -0.15) is 11.8 Å². The van der Waals surface area contributed by atoms with Crippen molar-refractivity contribution in [2.75, 3.05) is 30.3 Å². The van der Waals surface area contributed by atoms with Crippen LogP contribution in [0.3, 0.4) is 0 Å². The lowest BCUT2D eigenvalue weighted by molar-refractivity contribution is 0.713. The molecule has 2 heterocycles. The molecule has 20 heavy (non-hydrogen) atoms. The van der Waals surface area contributed by atoms with Gasteiger partial charge in [-0.05, 0) is 30.2 Å². The second kappa shape index (κ2) is 7.32. The number of anilines is 1. The van der Waals surface area contributed by atoms with Crippen LogP contribution >= 0.6 is 11.8 Å².